The van der Waals surface area contributed by atoms with Gasteiger partial charge in [0.05, 0.1) is 26.9 Å². The van der Waals surface area contributed by atoms with Crippen molar-refractivity contribution >= 4 is 25.8 Å². The SMILES string of the molecule is COc1cc(OC)c(/C=C/S(=O)(=O)Cl)c(OC)c1. The van der Waals surface area contributed by atoms with E-state index in [0.717, 1.165) is 5.41 Å². The van der Waals surface area contributed by atoms with Gasteiger partial charge in [0, 0.05) is 28.2 Å². The molecule has 0 aliphatic rings. The third-order valence-corrected chi connectivity index (χ3v) is 2.92. The van der Waals surface area contributed by atoms with E-state index in [-0.39, 0.29) is 0 Å². The van der Waals surface area contributed by atoms with Gasteiger partial charge in [-0.05, 0) is 6.08 Å². The van der Waals surface area contributed by atoms with E-state index in [1.54, 1.807) is 12.1 Å². The first kappa shape index (κ1) is 14.7. The summed E-state index contributed by atoms with van der Waals surface area (Å²) in [5.41, 5.74) is 0.463. The Labute approximate surface area is 110 Å². The molecular formula is C11H13ClO5S. The molecule has 18 heavy (non-hydrogen) atoms. The van der Waals surface area contributed by atoms with E-state index in [1.807, 2.05) is 0 Å². The van der Waals surface area contributed by atoms with Crippen molar-refractivity contribution in [3.8, 4) is 17.2 Å². The number of benzene rings is 1. The molecule has 0 saturated heterocycles. The fourth-order valence-electron chi connectivity index (χ4n) is 1.35. The molecule has 0 atom stereocenters. The Bertz CT molecular complexity index is 526. The van der Waals surface area contributed by atoms with Crippen molar-refractivity contribution in [2.75, 3.05) is 21.3 Å². The molecule has 0 spiro atoms. The summed E-state index contributed by atoms with van der Waals surface area (Å²) in [6, 6.07) is 3.23. The van der Waals surface area contributed by atoms with Crippen LogP contribution in [0.3, 0.4) is 0 Å². The summed E-state index contributed by atoms with van der Waals surface area (Å²) in [6.45, 7) is 0. The van der Waals surface area contributed by atoms with Gasteiger partial charge in [-0.2, -0.15) is 0 Å². The maximum Gasteiger partial charge on any atom is 0.254 e. The van der Waals surface area contributed by atoms with Gasteiger partial charge in [-0.25, -0.2) is 8.42 Å². The number of methoxy groups -OCH3 is 3. The van der Waals surface area contributed by atoms with Gasteiger partial charge in [0.15, 0.2) is 0 Å². The van der Waals surface area contributed by atoms with Gasteiger partial charge in [-0.3, -0.25) is 0 Å². The van der Waals surface area contributed by atoms with Crippen molar-refractivity contribution in [3.63, 3.8) is 0 Å². The first-order chi connectivity index (χ1) is 8.41. The van der Waals surface area contributed by atoms with Gasteiger partial charge >= 0.3 is 0 Å². The van der Waals surface area contributed by atoms with Gasteiger partial charge in [0.2, 0.25) is 0 Å². The maximum absolute atomic E-state index is 10.9. The van der Waals surface area contributed by atoms with Gasteiger partial charge in [-0.1, -0.05) is 0 Å². The molecular weight excluding hydrogens is 280 g/mol. The second kappa shape index (κ2) is 5.97. The topological polar surface area (TPSA) is 61.8 Å². The number of rotatable bonds is 5. The zero-order chi connectivity index (χ0) is 13.8. The maximum atomic E-state index is 10.9. The molecule has 0 aliphatic carbocycles. The fraction of sp³-hybridized carbons (Fsp3) is 0.273. The number of ether oxygens (including phenoxy) is 3. The van der Waals surface area contributed by atoms with Crippen LogP contribution >= 0.6 is 10.7 Å². The Kier molecular flexibility index (Phi) is 4.86. The van der Waals surface area contributed by atoms with Crippen molar-refractivity contribution in [1.29, 1.82) is 0 Å². The summed E-state index contributed by atoms with van der Waals surface area (Å²) in [6.07, 6.45) is 1.30. The molecule has 1 aromatic carbocycles. The minimum absolute atomic E-state index is 0.419. The minimum Gasteiger partial charge on any atom is -0.496 e. The van der Waals surface area contributed by atoms with Crippen LogP contribution < -0.4 is 14.2 Å². The standard InChI is InChI=1S/C11H13ClO5S/c1-15-8-6-10(16-2)9(11(7-8)17-3)4-5-18(12,13)14/h4-7H,1-3H3/b5-4+. The molecule has 0 aliphatic heterocycles. The summed E-state index contributed by atoms with van der Waals surface area (Å²) in [5.74, 6) is 1.38. The second-order valence-electron chi connectivity index (χ2n) is 3.22. The summed E-state index contributed by atoms with van der Waals surface area (Å²) >= 11 is 0. The van der Waals surface area contributed by atoms with E-state index in [2.05, 4.69) is 0 Å². The Hall–Kier alpha value is -1.40. The molecule has 0 aromatic heterocycles. The molecule has 0 heterocycles. The highest BCUT2D eigenvalue weighted by Crippen LogP contribution is 2.35. The van der Waals surface area contributed by atoms with Gasteiger partial charge in [0.25, 0.3) is 9.05 Å². The van der Waals surface area contributed by atoms with Crippen LogP contribution in [0.5, 0.6) is 17.2 Å². The molecule has 0 saturated carbocycles. The summed E-state index contributed by atoms with van der Waals surface area (Å²) in [4.78, 5) is 0. The Balaban J connectivity index is 3.36. The van der Waals surface area contributed by atoms with Crippen LogP contribution in [0.4, 0.5) is 0 Å². The van der Waals surface area contributed by atoms with Crippen LogP contribution in [0.25, 0.3) is 6.08 Å². The van der Waals surface area contributed by atoms with Crippen molar-refractivity contribution in [1.82, 2.24) is 0 Å². The molecule has 5 nitrogen and oxygen atoms in total. The third kappa shape index (κ3) is 3.82. The molecule has 0 bridgehead atoms. The molecule has 7 heteroatoms. The second-order valence-corrected chi connectivity index (χ2v) is 5.74. The van der Waals surface area contributed by atoms with E-state index < -0.39 is 9.05 Å². The van der Waals surface area contributed by atoms with Gasteiger partial charge in [-0.15, -0.1) is 0 Å². The van der Waals surface area contributed by atoms with Gasteiger partial charge in [0.1, 0.15) is 17.2 Å². The number of halogens is 1. The number of hydrogen-bond acceptors (Lipinski definition) is 5. The Morgan fingerprint density at radius 1 is 1.06 bits per heavy atom. The molecule has 0 fully saturated rings. The van der Waals surface area contributed by atoms with E-state index in [0.29, 0.717) is 22.8 Å². The average Bonchev–Trinajstić information content (AvgIpc) is 2.34. The van der Waals surface area contributed by atoms with Crippen LogP contribution in [-0.4, -0.2) is 29.7 Å². The molecule has 0 amide bonds. The zero-order valence-corrected chi connectivity index (χ0v) is 11.7. The Morgan fingerprint density at radius 2 is 1.56 bits per heavy atom. The van der Waals surface area contributed by atoms with Crippen LogP contribution in [0.15, 0.2) is 17.5 Å². The summed E-state index contributed by atoms with van der Waals surface area (Å²) in [7, 11) is 5.80. The first-order valence-corrected chi connectivity index (χ1v) is 7.21. The Morgan fingerprint density at radius 3 is 1.89 bits per heavy atom. The van der Waals surface area contributed by atoms with Gasteiger partial charge < -0.3 is 14.2 Å². The molecule has 0 unspecified atom stereocenters. The normalized spacial score (nSPS) is 11.6. The monoisotopic (exact) mass is 292 g/mol. The third-order valence-electron chi connectivity index (χ3n) is 2.15. The lowest BCUT2D eigenvalue weighted by Crippen LogP contribution is -1.95. The average molecular weight is 293 g/mol. The van der Waals surface area contributed by atoms with Crippen LogP contribution in [0.2, 0.25) is 0 Å². The summed E-state index contributed by atoms with van der Waals surface area (Å²) in [5, 5.41) is 0.863. The van der Waals surface area contributed by atoms with E-state index >= 15 is 0 Å². The number of hydrogen-bond donors (Lipinski definition) is 0. The molecule has 1 rings (SSSR count). The molecule has 0 N–H and O–H groups in total. The van der Waals surface area contributed by atoms with Crippen molar-refractivity contribution in [2.45, 2.75) is 0 Å². The van der Waals surface area contributed by atoms with Crippen molar-refractivity contribution in [2.24, 2.45) is 0 Å². The molecule has 1 aromatic rings. The lowest BCUT2D eigenvalue weighted by molar-refractivity contribution is 0.374. The lowest BCUT2D eigenvalue weighted by Gasteiger charge is -2.12. The lowest BCUT2D eigenvalue weighted by atomic mass is 10.1. The predicted molar refractivity (Wildman–Crippen MR) is 69.9 cm³/mol. The van der Waals surface area contributed by atoms with E-state index in [1.165, 1.54) is 27.4 Å². The van der Waals surface area contributed by atoms with Crippen LogP contribution in [0.1, 0.15) is 5.56 Å². The zero-order valence-electron chi connectivity index (χ0n) is 10.1. The smallest absolute Gasteiger partial charge is 0.254 e. The summed E-state index contributed by atoms with van der Waals surface area (Å²) < 4.78 is 37.2. The quantitative estimate of drug-likeness (QED) is 0.779. The van der Waals surface area contributed by atoms with Crippen LogP contribution in [0, 0.1) is 0 Å². The van der Waals surface area contributed by atoms with Crippen LogP contribution in [-0.2, 0) is 9.05 Å². The predicted octanol–water partition coefficient (Wildman–Crippen LogP) is 2.25. The minimum atomic E-state index is -3.74. The van der Waals surface area contributed by atoms with Crippen molar-refractivity contribution < 1.29 is 22.6 Å². The van der Waals surface area contributed by atoms with E-state index in [9.17, 15) is 8.42 Å². The highest BCUT2D eigenvalue weighted by Gasteiger charge is 2.11. The fourth-order valence-corrected chi connectivity index (χ4v) is 1.80. The molecule has 100 valence electrons. The largest absolute Gasteiger partial charge is 0.496 e. The molecule has 0 radical (unpaired) electrons. The highest BCUT2D eigenvalue weighted by atomic mass is 35.7. The van der Waals surface area contributed by atoms with E-state index in [4.69, 9.17) is 24.9 Å². The van der Waals surface area contributed by atoms with Crippen molar-refractivity contribution in [3.05, 3.63) is 23.1 Å². The first-order valence-electron chi connectivity index (χ1n) is 4.84. The highest BCUT2D eigenvalue weighted by molar-refractivity contribution is 8.16.